The maximum atomic E-state index is 11.7. The second-order valence-corrected chi connectivity index (χ2v) is 6.56. The SMILES string of the molecule is C=C(C)C(=O)Oc1ccc(-c2ccc(-c3cccc(OC(=O)C(=C)C)c3)o2)cc1. The summed E-state index contributed by atoms with van der Waals surface area (Å²) in [6, 6.07) is 17.7. The molecule has 2 aromatic carbocycles. The van der Waals surface area contributed by atoms with Crippen LogP contribution in [0.3, 0.4) is 0 Å². The summed E-state index contributed by atoms with van der Waals surface area (Å²) in [6.45, 7) is 10.3. The Morgan fingerprint density at radius 1 is 0.724 bits per heavy atom. The van der Waals surface area contributed by atoms with Crippen molar-refractivity contribution in [2.24, 2.45) is 0 Å². The molecule has 0 atom stereocenters. The average Bonchev–Trinajstić information content (AvgIpc) is 3.19. The zero-order chi connectivity index (χ0) is 21.0. The third-order valence-electron chi connectivity index (χ3n) is 3.98. The third-order valence-corrected chi connectivity index (χ3v) is 3.98. The van der Waals surface area contributed by atoms with E-state index in [0.29, 0.717) is 34.2 Å². The molecule has 0 fully saturated rings. The van der Waals surface area contributed by atoms with Crippen LogP contribution in [0.15, 0.2) is 89.4 Å². The van der Waals surface area contributed by atoms with Gasteiger partial charge in [0.1, 0.15) is 23.0 Å². The molecule has 0 saturated heterocycles. The van der Waals surface area contributed by atoms with E-state index in [1.165, 1.54) is 0 Å². The molecule has 3 rings (SSSR count). The highest BCUT2D eigenvalue weighted by Gasteiger charge is 2.11. The highest BCUT2D eigenvalue weighted by Crippen LogP contribution is 2.31. The molecule has 0 aliphatic carbocycles. The number of hydrogen-bond donors (Lipinski definition) is 0. The van der Waals surface area contributed by atoms with Gasteiger partial charge in [-0.05, 0) is 62.4 Å². The summed E-state index contributed by atoms with van der Waals surface area (Å²) in [5.41, 5.74) is 2.26. The Balaban J connectivity index is 1.77. The number of benzene rings is 2. The molecule has 29 heavy (non-hydrogen) atoms. The van der Waals surface area contributed by atoms with Crippen LogP contribution in [-0.2, 0) is 9.59 Å². The van der Waals surface area contributed by atoms with Gasteiger partial charge in [-0.25, -0.2) is 9.59 Å². The van der Waals surface area contributed by atoms with E-state index in [0.717, 1.165) is 11.1 Å². The van der Waals surface area contributed by atoms with E-state index in [1.54, 1.807) is 56.3 Å². The lowest BCUT2D eigenvalue weighted by molar-refractivity contribution is -0.130. The van der Waals surface area contributed by atoms with Gasteiger partial charge in [-0.2, -0.15) is 0 Å². The van der Waals surface area contributed by atoms with Crippen LogP contribution in [0, 0.1) is 0 Å². The Labute approximate surface area is 168 Å². The maximum absolute atomic E-state index is 11.7. The number of carbonyl (C=O) groups is 2. The number of rotatable bonds is 6. The van der Waals surface area contributed by atoms with Crippen LogP contribution < -0.4 is 9.47 Å². The van der Waals surface area contributed by atoms with Gasteiger partial charge in [-0.1, -0.05) is 25.3 Å². The Morgan fingerprint density at radius 2 is 1.28 bits per heavy atom. The molecule has 5 heteroatoms. The zero-order valence-electron chi connectivity index (χ0n) is 16.2. The first-order valence-corrected chi connectivity index (χ1v) is 8.89. The highest BCUT2D eigenvalue weighted by atomic mass is 16.5. The first-order chi connectivity index (χ1) is 13.8. The lowest BCUT2D eigenvalue weighted by Gasteiger charge is -2.05. The van der Waals surface area contributed by atoms with Crippen LogP contribution in [0.4, 0.5) is 0 Å². The van der Waals surface area contributed by atoms with Crippen LogP contribution in [0.5, 0.6) is 11.5 Å². The van der Waals surface area contributed by atoms with Gasteiger partial charge >= 0.3 is 11.9 Å². The van der Waals surface area contributed by atoms with Gasteiger partial charge in [0.2, 0.25) is 0 Å². The maximum Gasteiger partial charge on any atom is 0.338 e. The van der Waals surface area contributed by atoms with Crippen LogP contribution in [0.1, 0.15) is 13.8 Å². The van der Waals surface area contributed by atoms with E-state index in [2.05, 4.69) is 13.2 Å². The van der Waals surface area contributed by atoms with Crippen molar-refractivity contribution in [2.75, 3.05) is 0 Å². The zero-order valence-corrected chi connectivity index (χ0v) is 16.2. The summed E-state index contributed by atoms with van der Waals surface area (Å²) in [5.74, 6) is 1.19. The van der Waals surface area contributed by atoms with Gasteiger partial charge in [0.05, 0.1) is 0 Å². The van der Waals surface area contributed by atoms with Crippen LogP contribution in [-0.4, -0.2) is 11.9 Å². The standard InChI is InChI=1S/C24H20O5/c1-15(2)23(25)27-19-10-8-17(9-11-19)21-12-13-22(29-21)18-6-5-7-20(14-18)28-24(26)16(3)4/h5-14H,1,3H2,2,4H3. The normalized spacial score (nSPS) is 10.3. The van der Waals surface area contributed by atoms with Crippen molar-refractivity contribution >= 4 is 11.9 Å². The van der Waals surface area contributed by atoms with Gasteiger partial charge in [0.25, 0.3) is 0 Å². The second kappa shape index (κ2) is 8.44. The summed E-state index contributed by atoms with van der Waals surface area (Å²) >= 11 is 0. The van der Waals surface area contributed by atoms with Gasteiger partial charge in [-0.15, -0.1) is 0 Å². The molecule has 0 N–H and O–H groups in total. The van der Waals surface area contributed by atoms with Gasteiger partial charge in [0, 0.05) is 22.3 Å². The molecule has 0 radical (unpaired) electrons. The van der Waals surface area contributed by atoms with Crippen LogP contribution >= 0.6 is 0 Å². The van der Waals surface area contributed by atoms with E-state index in [9.17, 15) is 9.59 Å². The van der Waals surface area contributed by atoms with E-state index >= 15 is 0 Å². The highest BCUT2D eigenvalue weighted by molar-refractivity contribution is 5.89. The number of ether oxygens (including phenoxy) is 2. The predicted molar refractivity (Wildman–Crippen MR) is 110 cm³/mol. The minimum Gasteiger partial charge on any atom is -0.456 e. The van der Waals surface area contributed by atoms with E-state index in [4.69, 9.17) is 13.9 Å². The first kappa shape index (κ1) is 19.9. The number of hydrogen-bond acceptors (Lipinski definition) is 5. The molecule has 0 saturated carbocycles. The summed E-state index contributed by atoms with van der Waals surface area (Å²) in [7, 11) is 0. The van der Waals surface area contributed by atoms with E-state index in [-0.39, 0.29) is 0 Å². The van der Waals surface area contributed by atoms with Gasteiger partial charge < -0.3 is 13.9 Å². The Kier molecular flexibility index (Phi) is 5.79. The monoisotopic (exact) mass is 388 g/mol. The van der Waals surface area contributed by atoms with Crippen molar-refractivity contribution in [3.63, 3.8) is 0 Å². The predicted octanol–water partition coefficient (Wildman–Crippen LogP) is 5.58. The third kappa shape index (κ3) is 4.90. The smallest absolute Gasteiger partial charge is 0.338 e. The van der Waals surface area contributed by atoms with Gasteiger partial charge in [-0.3, -0.25) is 0 Å². The molecule has 0 amide bonds. The van der Waals surface area contributed by atoms with Crippen LogP contribution in [0.2, 0.25) is 0 Å². The fourth-order valence-corrected chi connectivity index (χ4v) is 2.44. The fourth-order valence-electron chi connectivity index (χ4n) is 2.44. The van der Waals surface area contributed by atoms with Crippen molar-refractivity contribution < 1.29 is 23.5 Å². The molecular weight excluding hydrogens is 368 g/mol. The molecule has 5 nitrogen and oxygen atoms in total. The molecule has 0 unspecified atom stereocenters. The minimum atomic E-state index is -0.477. The summed E-state index contributed by atoms with van der Waals surface area (Å²) in [6.07, 6.45) is 0. The molecule has 146 valence electrons. The van der Waals surface area contributed by atoms with Crippen molar-refractivity contribution in [1.29, 1.82) is 0 Å². The molecule has 1 heterocycles. The molecular formula is C24H20O5. The average molecular weight is 388 g/mol. The minimum absolute atomic E-state index is 0.327. The van der Waals surface area contributed by atoms with Crippen molar-refractivity contribution in [2.45, 2.75) is 13.8 Å². The fraction of sp³-hybridized carbons (Fsp3) is 0.0833. The molecule has 0 spiro atoms. The molecule has 3 aromatic rings. The van der Waals surface area contributed by atoms with Crippen LogP contribution in [0.25, 0.3) is 22.6 Å². The molecule has 0 aliphatic rings. The van der Waals surface area contributed by atoms with Gasteiger partial charge in [0.15, 0.2) is 0 Å². The summed E-state index contributed by atoms with van der Waals surface area (Å²) in [4.78, 5) is 23.3. The van der Waals surface area contributed by atoms with Crippen molar-refractivity contribution in [1.82, 2.24) is 0 Å². The molecule has 0 aliphatic heterocycles. The lowest BCUT2D eigenvalue weighted by Crippen LogP contribution is -2.07. The van der Waals surface area contributed by atoms with Crippen molar-refractivity contribution in [3.05, 3.63) is 85.0 Å². The largest absolute Gasteiger partial charge is 0.456 e. The number of esters is 2. The Bertz CT molecular complexity index is 1090. The first-order valence-electron chi connectivity index (χ1n) is 8.89. The van der Waals surface area contributed by atoms with Crippen molar-refractivity contribution in [3.8, 4) is 34.1 Å². The molecule has 1 aromatic heterocycles. The summed E-state index contributed by atoms with van der Waals surface area (Å²) < 4.78 is 16.4. The Hall–Kier alpha value is -3.86. The summed E-state index contributed by atoms with van der Waals surface area (Å²) in [5, 5.41) is 0. The van der Waals surface area contributed by atoms with E-state index < -0.39 is 11.9 Å². The molecule has 0 bridgehead atoms. The Morgan fingerprint density at radius 3 is 1.86 bits per heavy atom. The quantitative estimate of drug-likeness (QED) is 0.313. The lowest BCUT2D eigenvalue weighted by atomic mass is 10.1. The number of furan rings is 1. The topological polar surface area (TPSA) is 65.7 Å². The second-order valence-electron chi connectivity index (χ2n) is 6.56. The number of carbonyl (C=O) groups excluding carboxylic acids is 2. The van der Waals surface area contributed by atoms with E-state index in [1.807, 2.05) is 18.2 Å².